The Hall–Kier alpha value is -5.69. The molecule has 0 aliphatic rings. The quantitative estimate of drug-likeness (QED) is 0.273. The molecular formula is C31H29N5O5. The van der Waals surface area contributed by atoms with Gasteiger partial charge in [0.05, 0.1) is 16.9 Å². The topological polar surface area (TPSA) is 144 Å². The van der Waals surface area contributed by atoms with Crippen LogP contribution in [0.3, 0.4) is 0 Å². The molecule has 0 saturated carbocycles. The van der Waals surface area contributed by atoms with E-state index >= 15 is 0 Å². The van der Waals surface area contributed by atoms with Crippen LogP contribution in [0.4, 0.5) is 11.4 Å². The van der Waals surface area contributed by atoms with Crippen molar-refractivity contribution in [1.29, 1.82) is 5.26 Å². The molecule has 0 aromatic heterocycles. The van der Waals surface area contributed by atoms with Gasteiger partial charge in [0.15, 0.2) is 11.5 Å². The number of anilines is 2. The van der Waals surface area contributed by atoms with Gasteiger partial charge in [-0.15, -0.1) is 0 Å². The summed E-state index contributed by atoms with van der Waals surface area (Å²) in [5.41, 5.74) is 14.2. The van der Waals surface area contributed by atoms with Crippen molar-refractivity contribution in [1.82, 2.24) is 9.80 Å². The number of carbonyl (C=O) groups is 2. The molecule has 0 saturated heterocycles. The monoisotopic (exact) mass is 551 g/mol. The molecule has 4 aromatic rings. The lowest BCUT2D eigenvalue weighted by molar-refractivity contribution is 0.0820. The first-order chi connectivity index (χ1) is 19.6. The molecular weight excluding hydrogens is 522 g/mol. The van der Waals surface area contributed by atoms with Crippen LogP contribution in [0.25, 0.3) is 0 Å². The van der Waals surface area contributed by atoms with E-state index in [9.17, 15) is 14.9 Å². The third-order valence-corrected chi connectivity index (χ3v) is 5.92. The number of rotatable bonds is 8. The van der Waals surface area contributed by atoms with E-state index in [-0.39, 0.29) is 51.8 Å². The predicted molar refractivity (Wildman–Crippen MR) is 156 cm³/mol. The van der Waals surface area contributed by atoms with E-state index in [1.807, 2.05) is 0 Å². The second kappa shape index (κ2) is 12.0. The van der Waals surface area contributed by atoms with Crippen LogP contribution < -0.4 is 25.7 Å². The van der Waals surface area contributed by atoms with Crippen molar-refractivity contribution in [2.75, 3.05) is 39.7 Å². The van der Waals surface area contributed by atoms with Crippen LogP contribution in [0.2, 0.25) is 0 Å². The van der Waals surface area contributed by atoms with Gasteiger partial charge in [0.25, 0.3) is 11.8 Å². The van der Waals surface area contributed by atoms with Gasteiger partial charge in [0.2, 0.25) is 5.75 Å². The van der Waals surface area contributed by atoms with Gasteiger partial charge in [-0.05, 0) is 66.7 Å². The maximum absolute atomic E-state index is 12.3. The average molecular weight is 552 g/mol. The number of nitrogens with two attached hydrogens (primary N) is 2. The number of nitrogen functional groups attached to an aromatic ring is 2. The smallest absolute Gasteiger partial charge is 0.253 e. The summed E-state index contributed by atoms with van der Waals surface area (Å²) >= 11 is 0. The summed E-state index contributed by atoms with van der Waals surface area (Å²) in [6.07, 6.45) is 0. The lowest BCUT2D eigenvalue weighted by atomic mass is 10.1. The van der Waals surface area contributed by atoms with E-state index in [0.29, 0.717) is 22.6 Å². The minimum absolute atomic E-state index is 0.0513. The maximum atomic E-state index is 12.3. The molecule has 0 atom stereocenters. The number of ether oxygens (including phenoxy) is 3. The summed E-state index contributed by atoms with van der Waals surface area (Å²) in [7, 11) is 6.66. The van der Waals surface area contributed by atoms with Gasteiger partial charge in [-0.3, -0.25) is 9.59 Å². The van der Waals surface area contributed by atoms with Gasteiger partial charge in [-0.1, -0.05) is 12.1 Å². The van der Waals surface area contributed by atoms with E-state index < -0.39 is 0 Å². The number of amides is 2. The molecule has 4 N–H and O–H groups in total. The minimum Gasteiger partial charge on any atom is -0.451 e. The second-order valence-electron chi connectivity index (χ2n) is 9.40. The Bertz CT molecular complexity index is 1620. The number of para-hydroxylation sites is 1. The molecule has 10 heteroatoms. The zero-order valence-electron chi connectivity index (χ0n) is 23.0. The number of carbonyl (C=O) groups excluding carboxylic acids is 2. The van der Waals surface area contributed by atoms with E-state index in [1.54, 1.807) is 101 Å². The molecule has 0 heterocycles. The molecule has 208 valence electrons. The van der Waals surface area contributed by atoms with Crippen molar-refractivity contribution in [2.24, 2.45) is 0 Å². The van der Waals surface area contributed by atoms with Crippen molar-refractivity contribution in [3.63, 3.8) is 0 Å². The van der Waals surface area contributed by atoms with E-state index in [2.05, 4.69) is 6.07 Å². The largest absolute Gasteiger partial charge is 0.451 e. The maximum Gasteiger partial charge on any atom is 0.253 e. The fourth-order valence-electron chi connectivity index (χ4n) is 3.81. The fourth-order valence-corrected chi connectivity index (χ4v) is 3.81. The minimum atomic E-state index is -0.165. The lowest BCUT2D eigenvalue weighted by Crippen LogP contribution is -2.21. The summed E-state index contributed by atoms with van der Waals surface area (Å²) in [4.78, 5) is 27.6. The Morgan fingerprint density at radius 2 is 1.10 bits per heavy atom. The van der Waals surface area contributed by atoms with Crippen molar-refractivity contribution in [2.45, 2.75) is 0 Å². The van der Waals surface area contributed by atoms with E-state index in [1.165, 1.54) is 15.9 Å². The van der Waals surface area contributed by atoms with Gasteiger partial charge in [-0.25, -0.2) is 0 Å². The molecule has 2 amide bonds. The van der Waals surface area contributed by atoms with Crippen LogP contribution in [0.5, 0.6) is 34.5 Å². The van der Waals surface area contributed by atoms with Gasteiger partial charge < -0.3 is 35.5 Å². The van der Waals surface area contributed by atoms with Crippen LogP contribution in [0.15, 0.2) is 78.9 Å². The highest BCUT2D eigenvalue weighted by atomic mass is 16.5. The third-order valence-electron chi connectivity index (χ3n) is 5.92. The summed E-state index contributed by atoms with van der Waals surface area (Å²) in [5.74, 6) is 0.875. The zero-order valence-corrected chi connectivity index (χ0v) is 23.0. The first-order valence-electron chi connectivity index (χ1n) is 12.5. The molecule has 0 aliphatic carbocycles. The Balaban J connectivity index is 1.79. The Morgan fingerprint density at radius 1 is 0.659 bits per heavy atom. The summed E-state index contributed by atoms with van der Waals surface area (Å²) in [6, 6.07) is 23.2. The average Bonchev–Trinajstić information content (AvgIpc) is 2.97. The van der Waals surface area contributed by atoms with Crippen LogP contribution in [-0.2, 0) is 0 Å². The zero-order chi connectivity index (χ0) is 29.7. The second-order valence-corrected chi connectivity index (χ2v) is 9.40. The molecule has 41 heavy (non-hydrogen) atoms. The summed E-state index contributed by atoms with van der Waals surface area (Å²) in [6.45, 7) is 0. The Morgan fingerprint density at radius 3 is 1.56 bits per heavy atom. The standard InChI is InChI=1S/C31H29N5O5/c1-35(2)30(37)19-9-13-22(14-10-19)39-27-24(33)17-25(34)28(41-26-8-6-5-7-21(26)18-32)29(27)40-23-15-11-20(12-16-23)31(38)36(3)4/h5-17H,33-34H2,1-4H3. The molecule has 10 nitrogen and oxygen atoms in total. The molecule has 4 rings (SSSR count). The Labute approximate surface area is 237 Å². The van der Waals surface area contributed by atoms with Crippen LogP contribution >= 0.6 is 0 Å². The predicted octanol–water partition coefficient (Wildman–Crippen LogP) is 5.50. The van der Waals surface area contributed by atoms with Crippen LogP contribution in [0, 0.1) is 11.3 Å². The van der Waals surface area contributed by atoms with Gasteiger partial charge >= 0.3 is 0 Å². The van der Waals surface area contributed by atoms with Crippen molar-refractivity contribution in [3.8, 4) is 40.6 Å². The number of nitrogens with zero attached hydrogens (tertiary/aromatic N) is 3. The molecule has 0 spiro atoms. The van der Waals surface area contributed by atoms with Crippen molar-refractivity contribution in [3.05, 3.63) is 95.6 Å². The molecule has 0 radical (unpaired) electrons. The third kappa shape index (κ3) is 6.32. The van der Waals surface area contributed by atoms with Crippen LogP contribution in [-0.4, -0.2) is 49.8 Å². The van der Waals surface area contributed by atoms with Crippen molar-refractivity contribution >= 4 is 23.2 Å². The van der Waals surface area contributed by atoms with E-state index in [0.717, 1.165) is 0 Å². The molecule has 0 fully saturated rings. The van der Waals surface area contributed by atoms with Gasteiger partial charge in [0.1, 0.15) is 23.3 Å². The van der Waals surface area contributed by atoms with Gasteiger partial charge in [-0.2, -0.15) is 5.26 Å². The first kappa shape index (κ1) is 28.3. The first-order valence-corrected chi connectivity index (χ1v) is 12.5. The molecule has 0 unspecified atom stereocenters. The van der Waals surface area contributed by atoms with E-state index in [4.69, 9.17) is 25.7 Å². The van der Waals surface area contributed by atoms with Crippen molar-refractivity contribution < 1.29 is 23.8 Å². The highest BCUT2D eigenvalue weighted by molar-refractivity contribution is 5.94. The Kier molecular flexibility index (Phi) is 8.29. The lowest BCUT2D eigenvalue weighted by Gasteiger charge is -2.20. The molecule has 0 bridgehead atoms. The highest BCUT2D eigenvalue weighted by Crippen LogP contribution is 2.51. The number of hydrogen-bond donors (Lipinski definition) is 2. The SMILES string of the molecule is CN(C)C(=O)c1ccc(Oc2c(N)cc(N)c(Oc3ccccc3C#N)c2Oc2ccc(C(=O)N(C)C)cc2)cc1. The summed E-state index contributed by atoms with van der Waals surface area (Å²) < 4.78 is 18.5. The molecule has 0 aliphatic heterocycles. The number of benzene rings is 4. The van der Waals surface area contributed by atoms with Crippen LogP contribution in [0.1, 0.15) is 26.3 Å². The van der Waals surface area contributed by atoms with Gasteiger partial charge in [0, 0.05) is 39.3 Å². The number of nitriles is 1. The fraction of sp³-hybridized carbons (Fsp3) is 0.129. The summed E-state index contributed by atoms with van der Waals surface area (Å²) in [5, 5.41) is 9.57. The molecule has 4 aromatic carbocycles. The number of hydrogen-bond acceptors (Lipinski definition) is 8. The normalized spacial score (nSPS) is 10.3. The highest BCUT2D eigenvalue weighted by Gasteiger charge is 2.24.